The number of ether oxygens (including phenoxy) is 5. The SMILES string of the molecule is CCCOc1cc(OCCC)c(OCCC)c(C=CC(=O)OC)c1OCCC. The van der Waals surface area contributed by atoms with E-state index in [1.807, 2.05) is 33.8 Å². The monoisotopic (exact) mass is 394 g/mol. The van der Waals surface area contributed by atoms with Crippen LogP contribution in [-0.2, 0) is 9.53 Å². The molecular weight excluding hydrogens is 360 g/mol. The van der Waals surface area contributed by atoms with Gasteiger partial charge in [0.25, 0.3) is 0 Å². The normalized spacial score (nSPS) is 10.8. The van der Waals surface area contributed by atoms with Crippen molar-refractivity contribution in [1.29, 1.82) is 0 Å². The van der Waals surface area contributed by atoms with E-state index in [2.05, 4.69) is 0 Å². The van der Waals surface area contributed by atoms with Crippen LogP contribution in [0, 0.1) is 0 Å². The van der Waals surface area contributed by atoms with Crippen LogP contribution in [0.1, 0.15) is 58.9 Å². The maximum Gasteiger partial charge on any atom is 0.330 e. The Morgan fingerprint density at radius 3 is 1.61 bits per heavy atom. The molecule has 1 aromatic rings. The van der Waals surface area contributed by atoms with Gasteiger partial charge < -0.3 is 23.7 Å². The third-order valence-corrected chi connectivity index (χ3v) is 3.61. The molecule has 1 rings (SSSR count). The van der Waals surface area contributed by atoms with Crippen LogP contribution in [0.25, 0.3) is 6.08 Å². The molecule has 158 valence electrons. The molecule has 0 aliphatic heterocycles. The largest absolute Gasteiger partial charge is 0.490 e. The predicted octanol–water partition coefficient (Wildman–Crippen LogP) is 5.03. The smallest absolute Gasteiger partial charge is 0.330 e. The summed E-state index contributed by atoms with van der Waals surface area (Å²) in [5, 5.41) is 0. The van der Waals surface area contributed by atoms with Crippen molar-refractivity contribution in [3.63, 3.8) is 0 Å². The first-order valence-electron chi connectivity index (χ1n) is 10.1. The molecule has 0 N–H and O–H groups in total. The lowest BCUT2D eigenvalue weighted by atomic mass is 10.1. The average molecular weight is 395 g/mol. The molecule has 0 aliphatic carbocycles. The zero-order chi connectivity index (χ0) is 20.8. The lowest BCUT2D eigenvalue weighted by Crippen LogP contribution is -2.08. The van der Waals surface area contributed by atoms with E-state index in [1.165, 1.54) is 13.2 Å². The van der Waals surface area contributed by atoms with Crippen molar-refractivity contribution in [3.8, 4) is 23.0 Å². The number of hydrogen-bond acceptors (Lipinski definition) is 6. The van der Waals surface area contributed by atoms with E-state index in [0.29, 0.717) is 55.0 Å². The summed E-state index contributed by atoms with van der Waals surface area (Å²) in [6.07, 6.45) is 6.39. The second-order valence-corrected chi connectivity index (χ2v) is 6.20. The van der Waals surface area contributed by atoms with E-state index in [0.717, 1.165) is 25.7 Å². The molecule has 0 spiro atoms. The van der Waals surface area contributed by atoms with Crippen LogP contribution in [0.5, 0.6) is 23.0 Å². The highest BCUT2D eigenvalue weighted by atomic mass is 16.5. The summed E-state index contributed by atoms with van der Waals surface area (Å²) in [6, 6.07) is 1.82. The van der Waals surface area contributed by atoms with E-state index in [-0.39, 0.29) is 0 Å². The van der Waals surface area contributed by atoms with Crippen molar-refractivity contribution in [1.82, 2.24) is 0 Å². The Hall–Kier alpha value is -2.37. The number of hydrogen-bond donors (Lipinski definition) is 0. The quantitative estimate of drug-likeness (QED) is 0.326. The average Bonchev–Trinajstić information content (AvgIpc) is 2.72. The topological polar surface area (TPSA) is 63.2 Å². The fraction of sp³-hybridized carbons (Fsp3) is 0.591. The van der Waals surface area contributed by atoms with Crippen LogP contribution in [-0.4, -0.2) is 39.5 Å². The second-order valence-electron chi connectivity index (χ2n) is 6.20. The zero-order valence-electron chi connectivity index (χ0n) is 17.8. The van der Waals surface area contributed by atoms with E-state index < -0.39 is 5.97 Å². The molecule has 0 saturated heterocycles. The number of carbonyl (C=O) groups excluding carboxylic acids is 1. The van der Waals surface area contributed by atoms with E-state index in [9.17, 15) is 4.79 Å². The highest BCUT2D eigenvalue weighted by Gasteiger charge is 2.22. The predicted molar refractivity (Wildman–Crippen MR) is 111 cm³/mol. The van der Waals surface area contributed by atoms with Crippen molar-refractivity contribution in [2.75, 3.05) is 33.5 Å². The third kappa shape index (κ3) is 7.33. The van der Waals surface area contributed by atoms with Gasteiger partial charge in [-0.3, -0.25) is 0 Å². The van der Waals surface area contributed by atoms with Gasteiger partial charge in [0.2, 0.25) is 0 Å². The summed E-state index contributed by atoms with van der Waals surface area (Å²) < 4.78 is 28.6. The molecule has 0 fully saturated rings. The fourth-order valence-electron chi connectivity index (χ4n) is 2.33. The Kier molecular flexibility index (Phi) is 11.6. The minimum absolute atomic E-state index is 0.459. The van der Waals surface area contributed by atoms with Crippen LogP contribution in [0.4, 0.5) is 0 Å². The number of esters is 1. The minimum Gasteiger partial charge on any atom is -0.490 e. The van der Waals surface area contributed by atoms with E-state index >= 15 is 0 Å². The van der Waals surface area contributed by atoms with Gasteiger partial charge in [-0.25, -0.2) is 4.79 Å². The van der Waals surface area contributed by atoms with Crippen molar-refractivity contribution >= 4 is 12.0 Å². The molecule has 0 atom stereocenters. The molecule has 0 amide bonds. The van der Waals surface area contributed by atoms with Crippen molar-refractivity contribution in [2.45, 2.75) is 53.4 Å². The number of carbonyl (C=O) groups is 1. The molecule has 0 aliphatic rings. The molecule has 0 heterocycles. The second kappa shape index (κ2) is 13.7. The van der Waals surface area contributed by atoms with Gasteiger partial charge in [-0.15, -0.1) is 0 Å². The Balaban J connectivity index is 3.57. The first kappa shape index (κ1) is 23.7. The van der Waals surface area contributed by atoms with Crippen LogP contribution in [0.15, 0.2) is 12.1 Å². The summed E-state index contributed by atoms with van der Waals surface area (Å²) in [5.74, 6) is 1.79. The number of rotatable bonds is 14. The Bertz CT molecular complexity index is 586. The van der Waals surface area contributed by atoms with Crippen molar-refractivity contribution in [2.24, 2.45) is 0 Å². The Morgan fingerprint density at radius 1 is 0.786 bits per heavy atom. The summed E-state index contributed by atoms with van der Waals surface area (Å²) in [4.78, 5) is 11.7. The molecule has 6 nitrogen and oxygen atoms in total. The summed E-state index contributed by atoms with van der Waals surface area (Å²) in [7, 11) is 1.34. The third-order valence-electron chi connectivity index (χ3n) is 3.61. The standard InChI is InChI=1S/C22H34O6/c1-6-12-25-18-16-19(26-13-7-2)22(28-15-9-4)17(10-11-20(23)24-5)21(18)27-14-8-3/h10-11,16H,6-9,12-15H2,1-5H3. The molecule has 0 saturated carbocycles. The first-order valence-corrected chi connectivity index (χ1v) is 10.1. The minimum atomic E-state index is -0.459. The summed E-state index contributed by atoms with van der Waals surface area (Å²) in [5.41, 5.74) is 0.618. The van der Waals surface area contributed by atoms with Crippen LogP contribution in [0.2, 0.25) is 0 Å². The van der Waals surface area contributed by atoms with Crippen molar-refractivity contribution < 1.29 is 28.5 Å². The molecule has 1 aromatic carbocycles. The summed E-state index contributed by atoms with van der Waals surface area (Å²) >= 11 is 0. The van der Waals surface area contributed by atoms with Crippen LogP contribution >= 0.6 is 0 Å². The molecule has 0 unspecified atom stereocenters. The lowest BCUT2D eigenvalue weighted by Gasteiger charge is -2.21. The number of benzene rings is 1. The first-order chi connectivity index (χ1) is 13.6. The maximum absolute atomic E-state index is 11.7. The highest BCUT2D eigenvalue weighted by molar-refractivity contribution is 5.89. The van der Waals surface area contributed by atoms with Gasteiger partial charge in [-0.05, 0) is 31.8 Å². The van der Waals surface area contributed by atoms with Gasteiger partial charge >= 0.3 is 5.97 Å². The maximum atomic E-state index is 11.7. The van der Waals surface area contributed by atoms with Gasteiger partial charge in [-0.2, -0.15) is 0 Å². The molecule has 28 heavy (non-hydrogen) atoms. The number of methoxy groups -OCH3 is 1. The van der Waals surface area contributed by atoms with Gasteiger partial charge in [0.1, 0.15) is 0 Å². The van der Waals surface area contributed by atoms with Crippen molar-refractivity contribution in [3.05, 3.63) is 17.7 Å². The Morgan fingerprint density at radius 2 is 1.21 bits per heavy atom. The molecule has 6 heteroatoms. The van der Waals surface area contributed by atoms with Gasteiger partial charge in [-0.1, -0.05) is 27.7 Å². The van der Waals surface area contributed by atoms with Crippen LogP contribution in [0.3, 0.4) is 0 Å². The van der Waals surface area contributed by atoms with Gasteiger partial charge in [0, 0.05) is 12.1 Å². The van der Waals surface area contributed by atoms with Crippen LogP contribution < -0.4 is 18.9 Å². The zero-order valence-corrected chi connectivity index (χ0v) is 17.8. The van der Waals surface area contributed by atoms with E-state index in [1.54, 1.807) is 6.08 Å². The van der Waals surface area contributed by atoms with E-state index in [4.69, 9.17) is 23.7 Å². The Labute approximate surface area is 168 Å². The molecule has 0 bridgehead atoms. The highest BCUT2D eigenvalue weighted by Crippen LogP contribution is 2.46. The molecule has 0 aromatic heterocycles. The molecule has 0 radical (unpaired) electrons. The fourth-order valence-corrected chi connectivity index (χ4v) is 2.33. The lowest BCUT2D eigenvalue weighted by molar-refractivity contribution is -0.134. The van der Waals surface area contributed by atoms with Gasteiger partial charge in [0.15, 0.2) is 23.0 Å². The van der Waals surface area contributed by atoms with Gasteiger partial charge in [0.05, 0.1) is 39.1 Å². The molecular formula is C22H34O6. The summed E-state index contributed by atoms with van der Waals surface area (Å²) in [6.45, 7) is 10.3.